The van der Waals surface area contributed by atoms with Gasteiger partial charge in [0.05, 0.1) is 76.7 Å². The first kappa shape index (κ1) is 70.2. The van der Waals surface area contributed by atoms with Crippen LogP contribution < -0.4 is 5.32 Å². The Morgan fingerprint density at radius 2 is 1.01 bits per heavy atom. The molecule has 0 unspecified atom stereocenters. The van der Waals surface area contributed by atoms with Crippen molar-refractivity contribution >= 4 is 76.5 Å². The van der Waals surface area contributed by atoms with Gasteiger partial charge in [-0.05, 0) is 81.7 Å². The van der Waals surface area contributed by atoms with Crippen LogP contribution in [0, 0.1) is 54.5 Å². The number of nitro benzene ring substituents is 3. The summed E-state index contributed by atoms with van der Waals surface area (Å²) in [6, 6.07) is 23.0. The largest absolute Gasteiger partial charge is 0.573 e. The molecule has 1 amide bonds. The number of ether oxygens (including phenoxy) is 4. The second-order valence-electron chi connectivity index (χ2n) is 17.7. The molecule has 3 saturated carbocycles. The Kier molecular flexibility index (Phi) is 28.3. The maximum Gasteiger partial charge on any atom is 0.330 e. The monoisotopic (exact) mass is 1310 g/mol. The molecule has 3 fully saturated rings. The van der Waals surface area contributed by atoms with Crippen LogP contribution in [0.25, 0.3) is 17.2 Å². The number of carbonyl (C=O) groups excluding carboxylic acids is 6. The molecule has 438 valence electrons. The number of nitrogens with zero attached hydrogens (tertiary/aromatic N) is 4. The van der Waals surface area contributed by atoms with E-state index in [0.29, 0.717) is 55.8 Å². The number of nitro groups is 3. The van der Waals surface area contributed by atoms with Crippen molar-refractivity contribution in [2.24, 2.45) is 17.8 Å². The number of phenolic OH excluding ortho intramolecular Hbond substituents is 4. The van der Waals surface area contributed by atoms with Crippen molar-refractivity contribution in [3.8, 4) is 23.0 Å². The SMILES string of the molecule is CCOC(=O)/C=C/c1cccc([N+](=O)[O-])c1O.CCOC(=O)[C@@H]1C[C@H]1c1cccc(N[C-]=O)c1O.CCOC(=O)[C@@H]1C[C@H]1c1cccc([N+](=O)[O-])c1O.CCOC(=O)[C@@H]1C[C@H]1c1cccc2n[c-]oc12.O=Cc1cccc([N+](=O)[O-])c1O.[Y].[Y]. The number of esters is 4. The maximum atomic E-state index is 11.6. The number of nitrogens with one attached hydrogen (secondary N) is 1. The smallest absolute Gasteiger partial charge is 0.330 e. The summed E-state index contributed by atoms with van der Waals surface area (Å²) in [5.74, 6) is -3.14. The quantitative estimate of drug-likeness (QED) is 0.00617. The maximum absolute atomic E-state index is 11.6. The van der Waals surface area contributed by atoms with E-state index in [0.717, 1.165) is 35.2 Å². The number of oxazole rings is 1. The van der Waals surface area contributed by atoms with Crippen LogP contribution in [0.1, 0.15) is 97.3 Å². The van der Waals surface area contributed by atoms with Gasteiger partial charge in [0.2, 0.25) is 11.5 Å². The summed E-state index contributed by atoms with van der Waals surface area (Å²) in [5.41, 5.74) is 2.89. The molecule has 28 heteroatoms. The van der Waals surface area contributed by atoms with E-state index in [9.17, 15) is 74.4 Å². The molecule has 9 rings (SSSR count). The molecule has 1 aromatic heterocycles. The van der Waals surface area contributed by atoms with Gasteiger partial charge in [-0.2, -0.15) is 0 Å². The van der Waals surface area contributed by atoms with Gasteiger partial charge in [-0.1, -0.05) is 65.8 Å². The topological polar surface area (TPSA) is 388 Å². The first-order valence-electron chi connectivity index (χ1n) is 25.2. The molecule has 1 heterocycles. The molecule has 5 aromatic carbocycles. The fourth-order valence-electron chi connectivity index (χ4n) is 8.28. The summed E-state index contributed by atoms with van der Waals surface area (Å²) >= 11 is 0. The van der Waals surface area contributed by atoms with Gasteiger partial charge < -0.3 is 58.9 Å². The molecule has 6 aromatic rings. The minimum atomic E-state index is -0.748. The molecule has 84 heavy (non-hydrogen) atoms. The molecule has 0 saturated heterocycles. The summed E-state index contributed by atoms with van der Waals surface area (Å²) in [6.45, 7) is 8.31. The molecule has 0 aliphatic heterocycles. The van der Waals surface area contributed by atoms with E-state index in [-0.39, 0.29) is 154 Å². The number of aldehydes is 1. The van der Waals surface area contributed by atoms with Gasteiger partial charge in [0, 0.05) is 113 Å². The van der Waals surface area contributed by atoms with Crippen LogP contribution in [0.5, 0.6) is 23.0 Å². The van der Waals surface area contributed by atoms with Gasteiger partial charge in [-0.15, -0.1) is 12.1 Å². The van der Waals surface area contributed by atoms with Crippen molar-refractivity contribution in [3.63, 3.8) is 0 Å². The number of benzene rings is 5. The molecular weight excluding hydrogens is 1260 g/mol. The molecule has 3 aliphatic rings. The van der Waals surface area contributed by atoms with Crippen molar-refractivity contribution in [1.82, 2.24) is 4.98 Å². The average molecular weight is 1310 g/mol. The minimum Gasteiger partial charge on any atom is -0.573 e. The molecule has 0 bridgehead atoms. The number of aromatic nitrogens is 1. The van der Waals surface area contributed by atoms with Crippen molar-refractivity contribution in [3.05, 3.63) is 162 Å². The van der Waals surface area contributed by atoms with Crippen molar-refractivity contribution in [1.29, 1.82) is 0 Å². The van der Waals surface area contributed by atoms with Crippen LogP contribution in [0.4, 0.5) is 22.7 Å². The molecule has 6 atom stereocenters. The van der Waals surface area contributed by atoms with Crippen molar-refractivity contribution in [2.45, 2.75) is 64.7 Å². The predicted molar refractivity (Wildman–Crippen MR) is 288 cm³/mol. The number of hydrogen-bond acceptors (Lipinski definition) is 22. The third-order valence-corrected chi connectivity index (χ3v) is 12.5. The number of rotatable bonds is 18. The summed E-state index contributed by atoms with van der Waals surface area (Å²) in [4.78, 5) is 99.5. The van der Waals surface area contributed by atoms with Crippen LogP contribution in [0.2, 0.25) is 0 Å². The summed E-state index contributed by atoms with van der Waals surface area (Å²) in [7, 11) is 0. The van der Waals surface area contributed by atoms with E-state index < -0.39 is 43.6 Å². The molecular formula is C56H55N5O21Y2-2. The van der Waals surface area contributed by atoms with E-state index in [1.807, 2.05) is 25.1 Å². The third-order valence-electron chi connectivity index (χ3n) is 12.5. The Morgan fingerprint density at radius 3 is 1.48 bits per heavy atom. The predicted octanol–water partition coefficient (Wildman–Crippen LogP) is 8.78. The van der Waals surface area contributed by atoms with Gasteiger partial charge >= 0.3 is 40.9 Å². The number of hydrogen-bond donors (Lipinski definition) is 5. The minimum absolute atomic E-state index is 0. The standard InChI is InChI=1S/C13H14NO4.C13H12NO3.C12H13NO5.C11H11NO5.C7H5NO4.2Y/c1-2-18-13(17)10-6-9(10)8-4-3-5-11(12(8)16)14-7-15;1-2-16-13(15)10-6-9(10)8-4-3-5-11-12(8)17-7-14-11;1-2-18-12(15)9-6-8(9)7-4-3-5-10(11(7)14)13(16)17;1-2-17-10(13)7-6-8-4-3-5-9(11(8)14)12(15)16;9-4-5-2-1-3-6(7(5)10)8(11)12;;/h3-5,9-10,16H,2,6H2,1H3,(H,14,15);3-5,9-10H,2,6H2,1H3;3-5,8-9,14H,2,6H2,1H3;3-7,14H,2H2,1H3;1-4,10H;;/q2*-1;;;;;/b;;;7-6+;;;/t2*9-,10+;8-,9+;;;;/m000..../s1. The third kappa shape index (κ3) is 19.0. The van der Waals surface area contributed by atoms with Gasteiger partial charge in [-0.25, -0.2) is 4.79 Å². The summed E-state index contributed by atoms with van der Waals surface area (Å²) in [5, 5.41) is 72.2. The summed E-state index contributed by atoms with van der Waals surface area (Å²) in [6.07, 6.45) is 8.79. The van der Waals surface area contributed by atoms with E-state index in [1.54, 1.807) is 45.0 Å². The number of amides is 1. The molecule has 3 aliphatic carbocycles. The van der Waals surface area contributed by atoms with E-state index in [4.69, 9.17) is 23.7 Å². The second kappa shape index (κ2) is 33.9. The van der Waals surface area contributed by atoms with E-state index in [1.165, 1.54) is 55.0 Å². The Balaban J connectivity index is 0.000000275. The van der Waals surface area contributed by atoms with E-state index >= 15 is 0 Å². The molecule has 2 radical (unpaired) electrons. The van der Waals surface area contributed by atoms with Crippen molar-refractivity contribution in [2.75, 3.05) is 31.7 Å². The number of phenols is 4. The molecule has 0 spiro atoms. The van der Waals surface area contributed by atoms with Crippen LogP contribution in [0.3, 0.4) is 0 Å². The number of para-hydroxylation sites is 5. The van der Waals surface area contributed by atoms with Gasteiger partial charge in [0.25, 0.3) is 0 Å². The Labute approximate surface area is 529 Å². The van der Waals surface area contributed by atoms with Gasteiger partial charge in [0.15, 0.2) is 12.0 Å². The first-order valence-corrected chi connectivity index (χ1v) is 25.2. The fraction of sp³-hybridized carbons (Fsp3) is 0.304. The second-order valence-corrected chi connectivity index (χ2v) is 17.7. The number of aromatic hydroxyl groups is 4. The number of fused-ring (bicyclic) bond motifs is 1. The van der Waals surface area contributed by atoms with Crippen LogP contribution >= 0.6 is 0 Å². The van der Waals surface area contributed by atoms with Crippen LogP contribution in [-0.2, 0) is 108 Å². The Bertz CT molecular complexity index is 3350. The fourth-order valence-corrected chi connectivity index (χ4v) is 8.28. The number of carbonyl (C=O) groups is 5. The first-order chi connectivity index (χ1) is 39.3. The van der Waals surface area contributed by atoms with Crippen LogP contribution in [-0.4, -0.2) is 103 Å². The van der Waals surface area contributed by atoms with Crippen LogP contribution in [0.15, 0.2) is 101 Å². The molecule has 26 nitrogen and oxygen atoms in total. The van der Waals surface area contributed by atoms with Crippen molar-refractivity contribution < 1.29 is 153 Å². The van der Waals surface area contributed by atoms with Gasteiger partial charge in [-0.3, -0.25) is 49.5 Å². The van der Waals surface area contributed by atoms with E-state index in [2.05, 4.69) is 21.4 Å². The average Bonchev–Trinajstić information content (AvgIpc) is 2.22. The zero-order chi connectivity index (χ0) is 60.2. The zero-order valence-corrected chi connectivity index (χ0v) is 51.2. The Hall–Kier alpha value is -8.06. The Morgan fingerprint density at radius 1 is 0.607 bits per heavy atom. The summed E-state index contributed by atoms with van der Waals surface area (Å²) < 4.78 is 24.7. The van der Waals surface area contributed by atoms with Gasteiger partial charge in [0.1, 0.15) is 6.39 Å². The number of anilines is 1. The molecule has 5 N–H and O–H groups in total. The zero-order valence-electron chi connectivity index (χ0n) is 45.5. The normalized spacial score (nSPS) is 17.1.